The van der Waals surface area contributed by atoms with Crippen LogP contribution in [0.15, 0.2) is 0 Å². The third-order valence-electron chi connectivity index (χ3n) is 4.73. The molecule has 3 nitrogen and oxygen atoms in total. The molecule has 0 aromatic carbocycles. The first kappa shape index (κ1) is 16.0. The van der Waals surface area contributed by atoms with E-state index in [9.17, 15) is 4.79 Å². The molecular formula is C17H31NO2. The van der Waals surface area contributed by atoms with E-state index in [0.29, 0.717) is 23.8 Å². The SMILES string of the molecule is CCCCCCCCCC(=O)C1CC2COCC(C1)N2. The number of ketones is 1. The van der Waals surface area contributed by atoms with E-state index in [1.165, 1.54) is 38.5 Å². The number of carbonyl (C=O) groups excluding carboxylic acids is 1. The Morgan fingerprint density at radius 3 is 2.25 bits per heavy atom. The highest BCUT2D eigenvalue weighted by molar-refractivity contribution is 5.81. The molecule has 0 amide bonds. The van der Waals surface area contributed by atoms with E-state index >= 15 is 0 Å². The minimum absolute atomic E-state index is 0.301. The summed E-state index contributed by atoms with van der Waals surface area (Å²) in [5, 5.41) is 3.56. The molecule has 1 N–H and O–H groups in total. The third-order valence-corrected chi connectivity index (χ3v) is 4.73. The van der Waals surface area contributed by atoms with Gasteiger partial charge in [0.1, 0.15) is 5.78 Å². The van der Waals surface area contributed by atoms with Gasteiger partial charge in [-0.1, -0.05) is 45.4 Å². The number of carbonyl (C=O) groups is 1. The Morgan fingerprint density at radius 2 is 1.60 bits per heavy atom. The van der Waals surface area contributed by atoms with Crippen molar-refractivity contribution in [1.82, 2.24) is 5.32 Å². The van der Waals surface area contributed by atoms with Crippen molar-refractivity contribution < 1.29 is 9.53 Å². The maximum absolute atomic E-state index is 12.3. The van der Waals surface area contributed by atoms with Crippen LogP contribution in [0.4, 0.5) is 0 Å². The topological polar surface area (TPSA) is 38.3 Å². The molecule has 0 aliphatic carbocycles. The molecule has 0 spiro atoms. The first-order valence-electron chi connectivity index (χ1n) is 8.66. The number of rotatable bonds is 9. The molecule has 2 heterocycles. The van der Waals surface area contributed by atoms with Gasteiger partial charge < -0.3 is 10.1 Å². The van der Waals surface area contributed by atoms with Crippen molar-refractivity contribution >= 4 is 5.78 Å². The molecule has 2 atom stereocenters. The molecule has 2 saturated heterocycles. The summed E-state index contributed by atoms with van der Waals surface area (Å²) in [6.45, 7) is 3.83. The molecule has 0 saturated carbocycles. The van der Waals surface area contributed by atoms with Crippen LogP contribution < -0.4 is 5.32 Å². The molecule has 2 fully saturated rings. The molecule has 0 aromatic rings. The number of Topliss-reactive ketones (excluding diaryl/α,β-unsaturated/α-hetero) is 1. The van der Waals surface area contributed by atoms with Gasteiger partial charge in [-0.05, 0) is 19.3 Å². The molecule has 2 rings (SSSR count). The van der Waals surface area contributed by atoms with Crippen molar-refractivity contribution in [2.75, 3.05) is 13.2 Å². The summed E-state index contributed by atoms with van der Waals surface area (Å²) in [7, 11) is 0. The number of piperidine rings is 1. The van der Waals surface area contributed by atoms with Crippen LogP contribution in [0.25, 0.3) is 0 Å². The molecule has 2 bridgehead atoms. The van der Waals surface area contributed by atoms with E-state index < -0.39 is 0 Å². The number of unbranched alkanes of at least 4 members (excludes halogenated alkanes) is 6. The highest BCUT2D eigenvalue weighted by Gasteiger charge is 2.34. The Labute approximate surface area is 123 Å². The van der Waals surface area contributed by atoms with E-state index in [2.05, 4.69) is 12.2 Å². The Bertz CT molecular complexity index is 281. The zero-order chi connectivity index (χ0) is 14.2. The molecule has 2 aliphatic rings. The summed E-state index contributed by atoms with van der Waals surface area (Å²) >= 11 is 0. The summed E-state index contributed by atoms with van der Waals surface area (Å²) in [6.07, 6.45) is 11.8. The van der Waals surface area contributed by atoms with Crippen LogP contribution in [-0.2, 0) is 9.53 Å². The molecule has 2 unspecified atom stereocenters. The second-order valence-corrected chi connectivity index (χ2v) is 6.60. The number of nitrogens with one attached hydrogen (secondary N) is 1. The van der Waals surface area contributed by atoms with Crippen LogP contribution in [0.5, 0.6) is 0 Å². The number of hydrogen-bond donors (Lipinski definition) is 1. The average Bonchev–Trinajstić information content (AvgIpc) is 2.45. The summed E-state index contributed by atoms with van der Waals surface area (Å²) in [6, 6.07) is 0.844. The highest BCUT2D eigenvalue weighted by atomic mass is 16.5. The van der Waals surface area contributed by atoms with Gasteiger partial charge >= 0.3 is 0 Å². The van der Waals surface area contributed by atoms with Gasteiger partial charge in [-0.15, -0.1) is 0 Å². The molecule has 2 aliphatic heterocycles. The standard InChI is InChI=1S/C17H31NO2/c1-2-3-4-5-6-7-8-9-17(19)14-10-15-12-20-13-16(11-14)18-15/h14-16,18H,2-13H2,1H3. The van der Waals surface area contributed by atoms with Gasteiger partial charge in [0.05, 0.1) is 13.2 Å². The Balaban J connectivity index is 1.56. The lowest BCUT2D eigenvalue weighted by molar-refractivity contribution is -0.126. The Kier molecular flexibility index (Phi) is 7.01. The quantitative estimate of drug-likeness (QED) is 0.658. The minimum Gasteiger partial charge on any atom is -0.378 e. The summed E-state index contributed by atoms with van der Waals surface area (Å²) in [5.41, 5.74) is 0. The van der Waals surface area contributed by atoms with Crippen LogP contribution in [0, 0.1) is 5.92 Å². The summed E-state index contributed by atoms with van der Waals surface area (Å²) < 4.78 is 5.54. The zero-order valence-corrected chi connectivity index (χ0v) is 13.0. The molecule has 116 valence electrons. The zero-order valence-electron chi connectivity index (χ0n) is 13.0. The van der Waals surface area contributed by atoms with Gasteiger partial charge in [0.2, 0.25) is 0 Å². The maximum atomic E-state index is 12.3. The lowest BCUT2D eigenvalue weighted by Gasteiger charge is -2.39. The van der Waals surface area contributed by atoms with Gasteiger partial charge in [-0.2, -0.15) is 0 Å². The Hall–Kier alpha value is -0.410. The fraction of sp³-hybridized carbons (Fsp3) is 0.941. The number of fused-ring (bicyclic) bond motifs is 2. The van der Waals surface area contributed by atoms with Crippen molar-refractivity contribution in [2.24, 2.45) is 5.92 Å². The van der Waals surface area contributed by atoms with E-state index in [1.807, 2.05) is 0 Å². The molecule has 0 radical (unpaired) electrons. The maximum Gasteiger partial charge on any atom is 0.136 e. The number of morpholine rings is 1. The molecular weight excluding hydrogens is 250 g/mol. The first-order chi connectivity index (χ1) is 9.79. The number of hydrogen-bond acceptors (Lipinski definition) is 3. The van der Waals surface area contributed by atoms with E-state index in [4.69, 9.17) is 4.74 Å². The smallest absolute Gasteiger partial charge is 0.136 e. The van der Waals surface area contributed by atoms with Crippen LogP contribution in [-0.4, -0.2) is 31.1 Å². The van der Waals surface area contributed by atoms with Crippen LogP contribution >= 0.6 is 0 Å². The first-order valence-corrected chi connectivity index (χ1v) is 8.66. The fourth-order valence-corrected chi connectivity index (χ4v) is 3.56. The third kappa shape index (κ3) is 5.17. The van der Waals surface area contributed by atoms with Gasteiger partial charge in [-0.25, -0.2) is 0 Å². The molecule has 20 heavy (non-hydrogen) atoms. The normalized spacial score (nSPS) is 29.4. The van der Waals surface area contributed by atoms with Crippen molar-refractivity contribution in [3.05, 3.63) is 0 Å². The highest BCUT2D eigenvalue weighted by Crippen LogP contribution is 2.26. The minimum atomic E-state index is 0.301. The van der Waals surface area contributed by atoms with Gasteiger partial charge in [0, 0.05) is 24.4 Å². The lowest BCUT2D eigenvalue weighted by atomic mass is 9.83. The summed E-state index contributed by atoms with van der Waals surface area (Å²) in [5.74, 6) is 0.812. The summed E-state index contributed by atoms with van der Waals surface area (Å²) in [4.78, 5) is 12.3. The predicted molar refractivity (Wildman–Crippen MR) is 81.9 cm³/mol. The van der Waals surface area contributed by atoms with Gasteiger partial charge in [0.15, 0.2) is 0 Å². The monoisotopic (exact) mass is 281 g/mol. The van der Waals surface area contributed by atoms with E-state index in [1.54, 1.807) is 0 Å². The predicted octanol–water partition coefficient (Wildman–Crippen LogP) is 3.46. The van der Waals surface area contributed by atoms with Crippen molar-refractivity contribution in [2.45, 2.75) is 83.2 Å². The van der Waals surface area contributed by atoms with Gasteiger partial charge in [-0.3, -0.25) is 4.79 Å². The number of ether oxygens (including phenoxy) is 1. The second-order valence-electron chi connectivity index (χ2n) is 6.60. The molecule has 3 heteroatoms. The fourth-order valence-electron chi connectivity index (χ4n) is 3.56. The van der Waals surface area contributed by atoms with E-state index in [-0.39, 0.29) is 0 Å². The van der Waals surface area contributed by atoms with Crippen LogP contribution in [0.2, 0.25) is 0 Å². The largest absolute Gasteiger partial charge is 0.378 e. The van der Waals surface area contributed by atoms with Crippen LogP contribution in [0.1, 0.15) is 71.1 Å². The second kappa shape index (κ2) is 8.78. The van der Waals surface area contributed by atoms with Crippen LogP contribution in [0.3, 0.4) is 0 Å². The van der Waals surface area contributed by atoms with Crippen molar-refractivity contribution in [3.8, 4) is 0 Å². The van der Waals surface area contributed by atoms with Gasteiger partial charge in [0.25, 0.3) is 0 Å². The Morgan fingerprint density at radius 1 is 1.00 bits per heavy atom. The average molecular weight is 281 g/mol. The molecule has 0 aromatic heterocycles. The van der Waals surface area contributed by atoms with E-state index in [0.717, 1.165) is 38.9 Å². The lowest BCUT2D eigenvalue weighted by Crippen LogP contribution is -2.55. The van der Waals surface area contributed by atoms with Crippen molar-refractivity contribution in [1.29, 1.82) is 0 Å². The van der Waals surface area contributed by atoms with Crippen molar-refractivity contribution in [3.63, 3.8) is 0 Å².